The molecule has 0 radical (unpaired) electrons. The van der Waals surface area contributed by atoms with Gasteiger partial charge in [-0.1, -0.05) is 81.5 Å². The Kier molecular flexibility index (Phi) is 10.2. The highest BCUT2D eigenvalue weighted by Crippen LogP contribution is 2.43. The molecule has 1 heterocycles. The second kappa shape index (κ2) is 14.0. The van der Waals surface area contributed by atoms with E-state index in [1.165, 1.54) is 19.3 Å². The molecule has 216 valence electrons. The summed E-state index contributed by atoms with van der Waals surface area (Å²) in [6.45, 7) is 1.17. The van der Waals surface area contributed by atoms with Crippen molar-refractivity contribution in [3.8, 4) is 5.75 Å². The number of hydrogen-bond acceptors (Lipinski definition) is 5. The summed E-state index contributed by atoms with van der Waals surface area (Å²) in [4.78, 5) is 19.5. The molecule has 5 rings (SSSR count). The lowest BCUT2D eigenvalue weighted by Crippen LogP contribution is -2.51. The predicted octanol–water partition coefficient (Wildman–Crippen LogP) is 7.17. The third kappa shape index (κ3) is 7.22. The quantitative estimate of drug-likeness (QED) is 0.210. The molecule has 3 aromatic rings. The molecule has 0 unspecified atom stereocenters. The number of aliphatic hydroxyl groups is 1. The van der Waals surface area contributed by atoms with E-state index < -0.39 is 11.6 Å². The van der Waals surface area contributed by atoms with Crippen LogP contribution in [0.4, 0.5) is 0 Å². The third-order valence-corrected chi connectivity index (χ3v) is 9.20. The fraction of sp³-hybridized carbons (Fsp3) is 0.394. The van der Waals surface area contributed by atoms with Crippen molar-refractivity contribution in [2.75, 3.05) is 19.8 Å². The SMILES string of the molecule is O=C(NCC1CCCCC1)[C@]1(Cc2ccccc2Br)N=C(c2ccc(OCCCO)cc2)O[C@@H]1c1ccc(Br)cc1. The van der Waals surface area contributed by atoms with Crippen LogP contribution in [0.1, 0.15) is 61.3 Å². The molecule has 2 aliphatic rings. The Morgan fingerprint density at radius 1 is 1.00 bits per heavy atom. The number of ether oxygens (including phenoxy) is 2. The van der Waals surface area contributed by atoms with Crippen LogP contribution in [0.2, 0.25) is 0 Å². The number of carbonyl (C=O) groups excluding carboxylic acids is 1. The molecule has 1 amide bonds. The lowest BCUT2D eigenvalue weighted by atomic mass is 9.81. The predicted molar refractivity (Wildman–Crippen MR) is 168 cm³/mol. The normalized spacial score (nSPS) is 20.8. The van der Waals surface area contributed by atoms with Crippen LogP contribution in [0.5, 0.6) is 5.75 Å². The van der Waals surface area contributed by atoms with E-state index in [4.69, 9.17) is 19.6 Å². The fourth-order valence-corrected chi connectivity index (χ4v) is 6.32. The Balaban J connectivity index is 1.53. The van der Waals surface area contributed by atoms with Gasteiger partial charge in [0.2, 0.25) is 5.90 Å². The van der Waals surface area contributed by atoms with E-state index in [1.54, 1.807) is 0 Å². The van der Waals surface area contributed by atoms with E-state index in [0.29, 0.717) is 43.6 Å². The topological polar surface area (TPSA) is 80.2 Å². The van der Waals surface area contributed by atoms with Gasteiger partial charge in [-0.2, -0.15) is 0 Å². The Labute approximate surface area is 258 Å². The molecule has 6 nitrogen and oxygen atoms in total. The number of aliphatic imine (C=N–C) groups is 1. The van der Waals surface area contributed by atoms with Crippen LogP contribution in [0.15, 0.2) is 86.7 Å². The Morgan fingerprint density at radius 2 is 1.73 bits per heavy atom. The van der Waals surface area contributed by atoms with Crippen molar-refractivity contribution in [3.05, 3.63) is 98.4 Å². The molecule has 3 aromatic carbocycles. The summed E-state index contributed by atoms with van der Waals surface area (Å²) in [6, 6.07) is 23.4. The zero-order valence-corrected chi connectivity index (χ0v) is 26.2. The summed E-state index contributed by atoms with van der Waals surface area (Å²) in [7, 11) is 0. The second-order valence-corrected chi connectivity index (χ2v) is 12.6. The average molecular weight is 684 g/mol. The van der Waals surface area contributed by atoms with Crippen molar-refractivity contribution in [2.45, 2.75) is 56.6 Å². The van der Waals surface area contributed by atoms with Crippen LogP contribution in [0.3, 0.4) is 0 Å². The maximum absolute atomic E-state index is 14.4. The van der Waals surface area contributed by atoms with Gasteiger partial charge in [-0.25, -0.2) is 4.99 Å². The van der Waals surface area contributed by atoms with Gasteiger partial charge in [0, 0.05) is 40.5 Å². The average Bonchev–Trinajstić information content (AvgIpc) is 3.39. The number of nitrogens with one attached hydrogen (secondary N) is 1. The van der Waals surface area contributed by atoms with Crippen LogP contribution in [-0.2, 0) is 16.0 Å². The number of nitrogens with zero attached hydrogens (tertiary/aromatic N) is 1. The van der Waals surface area contributed by atoms with Gasteiger partial charge in [-0.05, 0) is 72.4 Å². The summed E-state index contributed by atoms with van der Waals surface area (Å²) in [6.07, 6.45) is 6.32. The van der Waals surface area contributed by atoms with Crippen molar-refractivity contribution >= 4 is 43.7 Å². The minimum Gasteiger partial charge on any atom is -0.494 e. The van der Waals surface area contributed by atoms with Gasteiger partial charge in [0.15, 0.2) is 11.6 Å². The minimum atomic E-state index is -1.21. The summed E-state index contributed by atoms with van der Waals surface area (Å²) >= 11 is 7.24. The Morgan fingerprint density at radius 3 is 2.44 bits per heavy atom. The monoisotopic (exact) mass is 682 g/mol. The molecule has 0 spiro atoms. The second-order valence-electron chi connectivity index (χ2n) is 10.8. The van der Waals surface area contributed by atoms with Crippen LogP contribution >= 0.6 is 31.9 Å². The maximum atomic E-state index is 14.4. The van der Waals surface area contributed by atoms with E-state index in [2.05, 4.69) is 37.2 Å². The Bertz CT molecular complexity index is 1340. The zero-order chi connectivity index (χ0) is 28.7. The number of rotatable bonds is 11. The number of hydrogen-bond donors (Lipinski definition) is 2. The number of benzene rings is 3. The first-order valence-electron chi connectivity index (χ1n) is 14.4. The molecule has 1 aliphatic carbocycles. The van der Waals surface area contributed by atoms with Crippen molar-refractivity contribution in [1.29, 1.82) is 0 Å². The van der Waals surface area contributed by atoms with Crippen LogP contribution < -0.4 is 10.1 Å². The lowest BCUT2D eigenvalue weighted by molar-refractivity contribution is -0.129. The maximum Gasteiger partial charge on any atom is 0.252 e. The number of aliphatic hydroxyl groups excluding tert-OH is 1. The smallest absolute Gasteiger partial charge is 0.252 e. The first-order chi connectivity index (χ1) is 20.0. The molecule has 0 saturated heterocycles. The van der Waals surface area contributed by atoms with Crippen LogP contribution in [0.25, 0.3) is 0 Å². The van der Waals surface area contributed by atoms with E-state index in [1.807, 2.05) is 72.8 Å². The molecule has 0 aromatic heterocycles. The molecular weight excluding hydrogens is 648 g/mol. The lowest BCUT2D eigenvalue weighted by Gasteiger charge is -2.32. The highest BCUT2D eigenvalue weighted by molar-refractivity contribution is 9.10. The summed E-state index contributed by atoms with van der Waals surface area (Å²) in [5, 5.41) is 12.3. The van der Waals surface area contributed by atoms with E-state index in [-0.39, 0.29) is 12.5 Å². The van der Waals surface area contributed by atoms with Gasteiger partial charge in [0.05, 0.1) is 6.61 Å². The number of carbonyl (C=O) groups is 1. The molecule has 2 atom stereocenters. The Hall–Kier alpha value is -2.68. The van der Waals surface area contributed by atoms with E-state index in [0.717, 1.165) is 38.5 Å². The fourth-order valence-electron chi connectivity index (χ4n) is 5.63. The standard InChI is InChI=1S/C33H36Br2N2O4/c34-27-15-11-24(12-16-27)30-33(21-26-9-4-5-10-29(26)35,32(39)36-22-23-7-2-1-3-8-23)37-31(41-30)25-13-17-28(18-14-25)40-20-6-19-38/h4-5,9-18,23,30,38H,1-3,6-8,19-22H2,(H,36,39)/t30-,33-/m1/s1. The molecule has 8 heteroatoms. The molecule has 2 N–H and O–H groups in total. The molecule has 41 heavy (non-hydrogen) atoms. The third-order valence-electron chi connectivity index (χ3n) is 7.90. The van der Waals surface area contributed by atoms with Gasteiger partial charge in [0.1, 0.15) is 5.75 Å². The van der Waals surface area contributed by atoms with Crippen LogP contribution in [0, 0.1) is 5.92 Å². The van der Waals surface area contributed by atoms with Crippen molar-refractivity contribution < 1.29 is 19.4 Å². The first kappa shape index (κ1) is 29.8. The summed E-state index contributed by atoms with van der Waals surface area (Å²) in [5.41, 5.74) is 1.44. The highest BCUT2D eigenvalue weighted by Gasteiger charge is 2.53. The first-order valence-corrected chi connectivity index (χ1v) is 15.9. The van der Waals surface area contributed by atoms with Gasteiger partial charge in [0.25, 0.3) is 5.91 Å². The van der Waals surface area contributed by atoms with Crippen molar-refractivity contribution in [2.24, 2.45) is 10.9 Å². The van der Waals surface area contributed by atoms with E-state index >= 15 is 0 Å². The summed E-state index contributed by atoms with van der Waals surface area (Å²) < 4.78 is 14.2. The molecule has 1 fully saturated rings. The molecular formula is C33H36Br2N2O4. The van der Waals surface area contributed by atoms with Gasteiger partial charge < -0.3 is 19.9 Å². The van der Waals surface area contributed by atoms with E-state index in [9.17, 15) is 4.79 Å². The van der Waals surface area contributed by atoms with Crippen molar-refractivity contribution in [1.82, 2.24) is 5.32 Å². The molecule has 0 bridgehead atoms. The minimum absolute atomic E-state index is 0.0859. The largest absolute Gasteiger partial charge is 0.494 e. The van der Waals surface area contributed by atoms with Crippen molar-refractivity contribution in [3.63, 3.8) is 0 Å². The van der Waals surface area contributed by atoms with Gasteiger partial charge in [-0.3, -0.25) is 4.79 Å². The number of amides is 1. The summed E-state index contributed by atoms with van der Waals surface area (Å²) in [5.74, 6) is 1.50. The highest BCUT2D eigenvalue weighted by atomic mass is 79.9. The van der Waals surface area contributed by atoms with Gasteiger partial charge >= 0.3 is 0 Å². The van der Waals surface area contributed by atoms with Crippen LogP contribution in [-0.4, -0.2) is 42.2 Å². The molecule has 1 aliphatic heterocycles. The van der Waals surface area contributed by atoms with Gasteiger partial charge in [-0.15, -0.1) is 0 Å². The number of halogens is 2. The molecule has 1 saturated carbocycles. The zero-order valence-electron chi connectivity index (χ0n) is 23.0.